The summed E-state index contributed by atoms with van der Waals surface area (Å²) in [5.41, 5.74) is 0.379. The fraction of sp³-hybridized carbons (Fsp3) is 0.929. The van der Waals surface area contributed by atoms with Crippen molar-refractivity contribution in [3.63, 3.8) is 0 Å². The van der Waals surface area contributed by atoms with Gasteiger partial charge >= 0.3 is 0 Å². The first-order valence-corrected chi connectivity index (χ1v) is 7.89. The first kappa shape index (κ1) is 13.3. The van der Waals surface area contributed by atoms with Crippen molar-refractivity contribution in [1.29, 1.82) is 0 Å². The molecule has 0 aromatic carbocycles. The highest BCUT2D eigenvalue weighted by Gasteiger charge is 2.28. The maximum Gasteiger partial charge on any atom is 0.156 e. The third-order valence-electron chi connectivity index (χ3n) is 4.18. The fourth-order valence-electron chi connectivity index (χ4n) is 2.58. The molecule has 0 saturated heterocycles. The SMILES string of the molecule is CC1CCC(NC2=NCC(C)(C)CS2)CC1C. The van der Waals surface area contributed by atoms with Gasteiger partial charge in [-0.25, -0.2) is 0 Å². The average Bonchev–Trinajstić information content (AvgIpc) is 2.27. The molecule has 1 aliphatic heterocycles. The molecule has 1 saturated carbocycles. The molecule has 3 heteroatoms. The van der Waals surface area contributed by atoms with E-state index in [9.17, 15) is 0 Å². The average molecular weight is 254 g/mol. The van der Waals surface area contributed by atoms with Gasteiger partial charge in [0.1, 0.15) is 0 Å². The van der Waals surface area contributed by atoms with E-state index in [2.05, 4.69) is 38.0 Å². The maximum absolute atomic E-state index is 4.69. The normalized spacial score (nSPS) is 37.4. The number of nitrogens with zero attached hydrogens (tertiary/aromatic N) is 1. The molecule has 17 heavy (non-hydrogen) atoms. The number of hydrogen-bond donors (Lipinski definition) is 1. The molecule has 2 rings (SSSR count). The lowest BCUT2D eigenvalue weighted by molar-refractivity contribution is 0.240. The molecule has 0 aromatic rings. The van der Waals surface area contributed by atoms with Crippen molar-refractivity contribution in [3.8, 4) is 0 Å². The van der Waals surface area contributed by atoms with Gasteiger partial charge in [-0.1, -0.05) is 39.5 Å². The summed E-state index contributed by atoms with van der Waals surface area (Å²) in [5.74, 6) is 2.94. The van der Waals surface area contributed by atoms with Gasteiger partial charge in [0.05, 0.1) is 0 Å². The molecule has 0 spiro atoms. The topological polar surface area (TPSA) is 24.4 Å². The van der Waals surface area contributed by atoms with Crippen molar-refractivity contribution in [3.05, 3.63) is 0 Å². The predicted octanol–water partition coefficient (Wildman–Crippen LogP) is 3.53. The zero-order valence-corrected chi connectivity index (χ0v) is 12.4. The van der Waals surface area contributed by atoms with E-state index in [0.717, 1.165) is 18.4 Å². The van der Waals surface area contributed by atoms with Gasteiger partial charge < -0.3 is 5.32 Å². The minimum absolute atomic E-state index is 0.379. The zero-order chi connectivity index (χ0) is 12.5. The van der Waals surface area contributed by atoms with Crippen LogP contribution in [-0.2, 0) is 0 Å². The van der Waals surface area contributed by atoms with Crippen LogP contribution in [0, 0.1) is 17.3 Å². The van der Waals surface area contributed by atoms with Gasteiger partial charge in [0.25, 0.3) is 0 Å². The first-order chi connectivity index (χ1) is 7.96. The Morgan fingerprint density at radius 1 is 1.24 bits per heavy atom. The maximum atomic E-state index is 4.69. The fourth-order valence-corrected chi connectivity index (χ4v) is 3.61. The van der Waals surface area contributed by atoms with Gasteiger partial charge in [-0.3, -0.25) is 4.99 Å². The zero-order valence-electron chi connectivity index (χ0n) is 11.6. The van der Waals surface area contributed by atoms with Crippen molar-refractivity contribution in [2.45, 2.75) is 53.0 Å². The summed E-state index contributed by atoms with van der Waals surface area (Å²) in [7, 11) is 0. The molecule has 2 nitrogen and oxygen atoms in total. The third kappa shape index (κ3) is 3.64. The van der Waals surface area contributed by atoms with Crippen LogP contribution in [0.25, 0.3) is 0 Å². The highest BCUT2D eigenvalue weighted by atomic mass is 32.2. The Kier molecular flexibility index (Phi) is 4.06. The number of aliphatic imine (C=N–C) groups is 1. The molecular weight excluding hydrogens is 228 g/mol. The van der Waals surface area contributed by atoms with Crippen molar-refractivity contribution >= 4 is 16.9 Å². The monoisotopic (exact) mass is 254 g/mol. The van der Waals surface area contributed by atoms with E-state index in [1.807, 2.05) is 11.8 Å². The van der Waals surface area contributed by atoms with Crippen molar-refractivity contribution in [1.82, 2.24) is 5.32 Å². The molecule has 0 aromatic heterocycles. The van der Waals surface area contributed by atoms with Gasteiger partial charge in [-0.2, -0.15) is 0 Å². The van der Waals surface area contributed by atoms with Crippen LogP contribution in [0.2, 0.25) is 0 Å². The van der Waals surface area contributed by atoms with Crippen LogP contribution in [0.5, 0.6) is 0 Å². The summed E-state index contributed by atoms with van der Waals surface area (Å²) in [6.07, 6.45) is 3.99. The summed E-state index contributed by atoms with van der Waals surface area (Å²) >= 11 is 1.90. The largest absolute Gasteiger partial charge is 0.362 e. The van der Waals surface area contributed by atoms with E-state index in [1.165, 1.54) is 30.2 Å². The highest BCUT2D eigenvalue weighted by molar-refractivity contribution is 8.13. The van der Waals surface area contributed by atoms with Crippen LogP contribution < -0.4 is 5.32 Å². The molecule has 1 N–H and O–H groups in total. The molecule has 0 radical (unpaired) electrons. The van der Waals surface area contributed by atoms with Crippen LogP contribution in [0.3, 0.4) is 0 Å². The number of thioether (sulfide) groups is 1. The van der Waals surface area contributed by atoms with Crippen LogP contribution in [0.4, 0.5) is 0 Å². The van der Waals surface area contributed by atoms with Gasteiger partial charge in [0.15, 0.2) is 5.17 Å². The molecular formula is C14H26N2S. The van der Waals surface area contributed by atoms with E-state index in [4.69, 9.17) is 0 Å². The Hall–Kier alpha value is -0.180. The smallest absolute Gasteiger partial charge is 0.156 e. The lowest BCUT2D eigenvalue weighted by atomic mass is 9.79. The Morgan fingerprint density at radius 3 is 2.59 bits per heavy atom. The summed E-state index contributed by atoms with van der Waals surface area (Å²) in [4.78, 5) is 4.69. The molecule has 1 aliphatic carbocycles. The Morgan fingerprint density at radius 2 is 2.00 bits per heavy atom. The van der Waals surface area contributed by atoms with Crippen LogP contribution in [0.1, 0.15) is 47.0 Å². The molecule has 0 bridgehead atoms. The summed E-state index contributed by atoms with van der Waals surface area (Å²) in [6, 6.07) is 0.661. The quantitative estimate of drug-likeness (QED) is 0.774. The highest BCUT2D eigenvalue weighted by Crippen LogP contribution is 2.31. The summed E-state index contributed by atoms with van der Waals surface area (Å²) in [5, 5.41) is 4.85. The van der Waals surface area contributed by atoms with Crippen molar-refractivity contribution in [2.24, 2.45) is 22.2 Å². The van der Waals surface area contributed by atoms with Gasteiger partial charge in [0.2, 0.25) is 0 Å². The van der Waals surface area contributed by atoms with E-state index >= 15 is 0 Å². The Labute approximate surface area is 110 Å². The second-order valence-electron chi connectivity index (χ2n) is 6.68. The van der Waals surface area contributed by atoms with Crippen LogP contribution >= 0.6 is 11.8 Å². The van der Waals surface area contributed by atoms with Gasteiger partial charge in [-0.15, -0.1) is 0 Å². The van der Waals surface area contributed by atoms with Crippen LogP contribution in [-0.4, -0.2) is 23.5 Å². The van der Waals surface area contributed by atoms with Crippen LogP contribution in [0.15, 0.2) is 4.99 Å². The van der Waals surface area contributed by atoms with E-state index in [0.29, 0.717) is 11.5 Å². The van der Waals surface area contributed by atoms with Gasteiger partial charge in [-0.05, 0) is 36.5 Å². The lowest BCUT2D eigenvalue weighted by Crippen LogP contribution is -2.41. The number of hydrogen-bond acceptors (Lipinski definition) is 3. The second kappa shape index (κ2) is 5.21. The molecule has 98 valence electrons. The van der Waals surface area contributed by atoms with Gasteiger partial charge in [0, 0.05) is 18.3 Å². The van der Waals surface area contributed by atoms with E-state index in [1.54, 1.807) is 0 Å². The van der Waals surface area contributed by atoms with Crippen molar-refractivity contribution < 1.29 is 0 Å². The first-order valence-electron chi connectivity index (χ1n) is 6.90. The molecule has 2 aliphatic rings. The second-order valence-corrected chi connectivity index (χ2v) is 7.65. The molecule has 1 heterocycles. The molecule has 3 atom stereocenters. The lowest BCUT2D eigenvalue weighted by Gasteiger charge is -2.35. The minimum atomic E-state index is 0.379. The van der Waals surface area contributed by atoms with E-state index < -0.39 is 0 Å². The molecule has 0 amide bonds. The third-order valence-corrected chi connectivity index (χ3v) is 5.62. The predicted molar refractivity (Wildman–Crippen MR) is 77.6 cm³/mol. The summed E-state index contributed by atoms with van der Waals surface area (Å²) in [6.45, 7) is 10.3. The standard InChI is InChI=1S/C14H26N2S/c1-10-5-6-12(7-11(10)2)16-13-15-8-14(3,4)9-17-13/h10-12H,5-9H2,1-4H3,(H,15,16). The Bertz CT molecular complexity index is 299. The van der Waals surface area contributed by atoms with Crippen molar-refractivity contribution in [2.75, 3.05) is 12.3 Å². The number of amidine groups is 1. The van der Waals surface area contributed by atoms with E-state index in [-0.39, 0.29) is 0 Å². The summed E-state index contributed by atoms with van der Waals surface area (Å²) < 4.78 is 0. The molecule has 3 unspecified atom stereocenters. The number of nitrogens with one attached hydrogen (secondary N) is 1. The molecule has 1 fully saturated rings. The number of rotatable bonds is 1. The minimum Gasteiger partial charge on any atom is -0.362 e. The Balaban J connectivity index is 1.84.